The van der Waals surface area contributed by atoms with Gasteiger partial charge < -0.3 is 9.64 Å². The predicted octanol–water partition coefficient (Wildman–Crippen LogP) is 3.67. The van der Waals surface area contributed by atoms with E-state index in [1.165, 1.54) is 6.92 Å². The van der Waals surface area contributed by atoms with Gasteiger partial charge in [0.25, 0.3) is 0 Å². The second-order valence-electron chi connectivity index (χ2n) is 5.88. The van der Waals surface area contributed by atoms with Crippen LogP contribution in [0.3, 0.4) is 0 Å². The van der Waals surface area contributed by atoms with Gasteiger partial charge in [-0.15, -0.1) is 0 Å². The van der Waals surface area contributed by atoms with Gasteiger partial charge in [0.2, 0.25) is 0 Å². The number of nitrogens with zero attached hydrogens (tertiary/aromatic N) is 3. The molecule has 6 nitrogen and oxygen atoms in total. The molecule has 0 radical (unpaired) electrons. The normalized spacial score (nSPS) is 14.8. The highest BCUT2D eigenvalue weighted by Crippen LogP contribution is 2.27. The van der Waals surface area contributed by atoms with Crippen molar-refractivity contribution in [2.45, 2.75) is 53.2 Å². The SMILES string of the molecule is CC.CC(=O)c1c(Br)cnn1C1CN(C(=O)OC(C)(C)C)C1. The molecule has 0 spiro atoms. The molecule has 1 aliphatic rings. The van der Waals surface area contributed by atoms with Crippen LogP contribution in [0.5, 0.6) is 0 Å². The topological polar surface area (TPSA) is 64.4 Å². The fourth-order valence-corrected chi connectivity index (χ4v) is 2.59. The van der Waals surface area contributed by atoms with Crippen molar-refractivity contribution in [1.82, 2.24) is 14.7 Å². The molecule has 1 fully saturated rings. The zero-order chi connectivity index (χ0) is 17.1. The number of amides is 1. The van der Waals surface area contributed by atoms with E-state index in [1.807, 2.05) is 34.6 Å². The monoisotopic (exact) mass is 373 g/mol. The minimum Gasteiger partial charge on any atom is -0.444 e. The van der Waals surface area contributed by atoms with E-state index in [1.54, 1.807) is 15.8 Å². The quantitative estimate of drug-likeness (QED) is 0.741. The Balaban J connectivity index is 0.00000116. The summed E-state index contributed by atoms with van der Waals surface area (Å²) in [6.07, 6.45) is 1.27. The van der Waals surface area contributed by atoms with Crippen LogP contribution in [0.4, 0.5) is 4.79 Å². The second kappa shape index (κ2) is 7.26. The fraction of sp³-hybridized carbons (Fsp3) is 0.667. The van der Waals surface area contributed by atoms with Crippen molar-refractivity contribution >= 4 is 27.8 Å². The van der Waals surface area contributed by atoms with E-state index < -0.39 is 5.60 Å². The van der Waals surface area contributed by atoms with Gasteiger partial charge in [0.05, 0.1) is 16.7 Å². The summed E-state index contributed by atoms with van der Waals surface area (Å²) in [7, 11) is 0. The lowest BCUT2D eigenvalue weighted by atomic mass is 10.1. The average Bonchev–Trinajstić information content (AvgIpc) is 2.69. The number of likely N-dealkylation sites (tertiary alicyclic amines) is 1. The lowest BCUT2D eigenvalue weighted by Gasteiger charge is -2.40. The number of aromatic nitrogens is 2. The highest BCUT2D eigenvalue weighted by Gasteiger charge is 2.36. The Morgan fingerprint density at radius 3 is 2.32 bits per heavy atom. The molecule has 0 atom stereocenters. The molecule has 7 heteroatoms. The first-order valence-corrected chi connectivity index (χ1v) is 8.20. The van der Waals surface area contributed by atoms with Crippen LogP contribution in [-0.2, 0) is 4.74 Å². The summed E-state index contributed by atoms with van der Waals surface area (Å²) in [5.41, 5.74) is 0.0420. The number of ketones is 1. The Kier molecular flexibility index (Phi) is 6.17. The number of Topliss-reactive ketones (excluding diaryl/α,β-unsaturated/α-hetero) is 1. The molecule has 0 aliphatic carbocycles. The van der Waals surface area contributed by atoms with E-state index in [-0.39, 0.29) is 17.9 Å². The molecule has 2 rings (SSSR count). The molecular formula is C15H24BrN3O3. The van der Waals surface area contributed by atoms with Gasteiger partial charge in [-0.3, -0.25) is 9.48 Å². The lowest BCUT2D eigenvalue weighted by molar-refractivity contribution is -0.000603. The number of ether oxygens (including phenoxy) is 1. The minimum absolute atomic E-state index is 0.0210. The third kappa shape index (κ3) is 4.32. The van der Waals surface area contributed by atoms with E-state index in [0.29, 0.717) is 23.3 Å². The first kappa shape index (κ1) is 18.7. The summed E-state index contributed by atoms with van der Waals surface area (Å²) in [4.78, 5) is 25.0. The summed E-state index contributed by atoms with van der Waals surface area (Å²) in [6.45, 7) is 12.0. The van der Waals surface area contributed by atoms with Gasteiger partial charge in [-0.2, -0.15) is 5.10 Å². The highest BCUT2D eigenvalue weighted by molar-refractivity contribution is 9.10. The molecule has 2 heterocycles. The lowest BCUT2D eigenvalue weighted by Crippen LogP contribution is -2.52. The Morgan fingerprint density at radius 1 is 1.32 bits per heavy atom. The summed E-state index contributed by atoms with van der Waals surface area (Å²) >= 11 is 3.31. The largest absolute Gasteiger partial charge is 0.444 e. The average molecular weight is 374 g/mol. The maximum absolute atomic E-state index is 11.8. The Hall–Kier alpha value is -1.37. The van der Waals surface area contributed by atoms with Gasteiger partial charge >= 0.3 is 6.09 Å². The number of halogens is 1. The van der Waals surface area contributed by atoms with Crippen LogP contribution in [0.25, 0.3) is 0 Å². The maximum Gasteiger partial charge on any atom is 0.410 e. The van der Waals surface area contributed by atoms with Crippen LogP contribution in [0.1, 0.15) is 58.1 Å². The molecule has 1 amide bonds. The fourth-order valence-electron chi connectivity index (χ4n) is 2.03. The van der Waals surface area contributed by atoms with E-state index in [0.717, 1.165) is 0 Å². The van der Waals surface area contributed by atoms with Crippen molar-refractivity contribution in [1.29, 1.82) is 0 Å². The smallest absolute Gasteiger partial charge is 0.410 e. The highest BCUT2D eigenvalue weighted by atomic mass is 79.9. The summed E-state index contributed by atoms with van der Waals surface area (Å²) < 4.78 is 7.64. The van der Waals surface area contributed by atoms with Crippen LogP contribution >= 0.6 is 15.9 Å². The molecule has 1 aromatic heterocycles. The van der Waals surface area contributed by atoms with E-state index >= 15 is 0 Å². The van der Waals surface area contributed by atoms with Gasteiger partial charge in [-0.25, -0.2) is 4.79 Å². The van der Waals surface area contributed by atoms with Crippen LogP contribution in [-0.4, -0.2) is 45.2 Å². The molecule has 0 aromatic carbocycles. The van der Waals surface area contributed by atoms with E-state index in [4.69, 9.17) is 4.74 Å². The number of hydrogen-bond acceptors (Lipinski definition) is 4. The molecule has 1 saturated heterocycles. The van der Waals surface area contributed by atoms with Crippen molar-refractivity contribution in [2.75, 3.05) is 13.1 Å². The van der Waals surface area contributed by atoms with Crippen LogP contribution in [0.15, 0.2) is 10.7 Å². The third-order valence-electron chi connectivity index (χ3n) is 2.94. The molecule has 0 saturated carbocycles. The van der Waals surface area contributed by atoms with Gasteiger partial charge in [0, 0.05) is 20.0 Å². The molecule has 22 heavy (non-hydrogen) atoms. The summed E-state index contributed by atoms with van der Waals surface area (Å²) in [5.74, 6) is -0.0508. The maximum atomic E-state index is 11.8. The minimum atomic E-state index is -0.499. The number of rotatable bonds is 2. The predicted molar refractivity (Wildman–Crippen MR) is 88.1 cm³/mol. The second-order valence-corrected chi connectivity index (χ2v) is 6.74. The molecule has 0 N–H and O–H groups in total. The van der Waals surface area contributed by atoms with E-state index in [9.17, 15) is 9.59 Å². The molecule has 0 unspecified atom stereocenters. The van der Waals surface area contributed by atoms with Crippen LogP contribution in [0.2, 0.25) is 0 Å². The zero-order valence-electron chi connectivity index (χ0n) is 14.0. The van der Waals surface area contributed by atoms with Gasteiger partial charge in [-0.05, 0) is 36.7 Å². The number of carbonyl (C=O) groups is 2. The molecule has 1 aliphatic heterocycles. The standard InChI is InChI=1S/C13H18BrN3O3.C2H6/c1-8(18)11-10(14)5-15-17(11)9-6-16(7-9)12(19)20-13(2,3)4;1-2/h5,9H,6-7H2,1-4H3;1-2H3. The Bertz CT molecular complexity index is 543. The van der Waals surface area contributed by atoms with Crippen molar-refractivity contribution in [3.8, 4) is 0 Å². The molecule has 1 aromatic rings. The van der Waals surface area contributed by atoms with Crippen molar-refractivity contribution in [3.63, 3.8) is 0 Å². The number of hydrogen-bond donors (Lipinski definition) is 0. The third-order valence-corrected chi connectivity index (χ3v) is 3.52. The van der Waals surface area contributed by atoms with Gasteiger partial charge in [0.15, 0.2) is 5.78 Å². The van der Waals surface area contributed by atoms with E-state index in [2.05, 4.69) is 21.0 Å². The summed E-state index contributed by atoms with van der Waals surface area (Å²) in [6, 6.07) is 0.0210. The Labute approximate surface area is 139 Å². The molecule has 0 bridgehead atoms. The first-order valence-electron chi connectivity index (χ1n) is 7.41. The van der Waals surface area contributed by atoms with Crippen molar-refractivity contribution in [2.24, 2.45) is 0 Å². The van der Waals surface area contributed by atoms with Crippen molar-refractivity contribution < 1.29 is 14.3 Å². The molecular weight excluding hydrogens is 350 g/mol. The van der Waals surface area contributed by atoms with Crippen LogP contribution in [0, 0.1) is 0 Å². The first-order chi connectivity index (χ1) is 10.2. The van der Waals surface area contributed by atoms with Gasteiger partial charge in [-0.1, -0.05) is 13.8 Å². The molecule has 124 valence electrons. The summed E-state index contributed by atoms with van der Waals surface area (Å²) in [5, 5.41) is 4.20. The van der Waals surface area contributed by atoms with Gasteiger partial charge in [0.1, 0.15) is 11.3 Å². The van der Waals surface area contributed by atoms with Crippen molar-refractivity contribution in [3.05, 3.63) is 16.4 Å². The van der Waals surface area contributed by atoms with Crippen LogP contribution < -0.4 is 0 Å². The zero-order valence-corrected chi connectivity index (χ0v) is 15.6. The number of carbonyl (C=O) groups excluding carboxylic acids is 2. The Morgan fingerprint density at radius 2 is 1.86 bits per heavy atom.